The van der Waals surface area contributed by atoms with E-state index in [9.17, 15) is 19.2 Å². The summed E-state index contributed by atoms with van der Waals surface area (Å²) in [6, 6.07) is 21.1. The van der Waals surface area contributed by atoms with E-state index in [0.717, 1.165) is 4.90 Å². The molecule has 3 aromatic rings. The molecule has 0 aromatic heterocycles. The van der Waals surface area contributed by atoms with Gasteiger partial charge in [0.25, 0.3) is 17.7 Å². The maximum absolute atomic E-state index is 12.6. The van der Waals surface area contributed by atoms with Crippen molar-refractivity contribution in [3.8, 4) is 11.5 Å². The summed E-state index contributed by atoms with van der Waals surface area (Å²) in [7, 11) is 0. The molecule has 1 heterocycles. The fourth-order valence-corrected chi connectivity index (χ4v) is 3.47. The Kier molecular flexibility index (Phi) is 6.40. The van der Waals surface area contributed by atoms with E-state index >= 15 is 0 Å². The number of hydrogen-bond acceptors (Lipinski definition) is 6. The van der Waals surface area contributed by atoms with Crippen LogP contribution in [0.5, 0.6) is 11.5 Å². The number of nitrogens with one attached hydrogen (secondary N) is 1. The van der Waals surface area contributed by atoms with Gasteiger partial charge in [-0.25, -0.2) is 4.79 Å². The van der Waals surface area contributed by atoms with Crippen LogP contribution in [0, 0.1) is 0 Å². The largest absolute Gasteiger partial charge is 0.457 e. The predicted octanol–water partition coefficient (Wildman–Crippen LogP) is 4.03. The van der Waals surface area contributed by atoms with Gasteiger partial charge in [-0.3, -0.25) is 19.3 Å². The summed E-state index contributed by atoms with van der Waals surface area (Å²) in [6.07, 6.45) is -1.15. The molecule has 0 saturated heterocycles. The van der Waals surface area contributed by atoms with E-state index in [1.54, 1.807) is 36.4 Å². The lowest BCUT2D eigenvalue weighted by Gasteiger charge is -2.22. The van der Waals surface area contributed by atoms with Gasteiger partial charge < -0.3 is 14.8 Å². The minimum atomic E-state index is -1.18. The third kappa shape index (κ3) is 4.66. The minimum absolute atomic E-state index is 0.234. The van der Waals surface area contributed by atoms with Crippen molar-refractivity contribution in [2.24, 2.45) is 0 Å². The van der Waals surface area contributed by atoms with E-state index < -0.39 is 35.8 Å². The Morgan fingerprint density at radius 2 is 1.29 bits per heavy atom. The van der Waals surface area contributed by atoms with Gasteiger partial charge in [0, 0.05) is 5.69 Å². The van der Waals surface area contributed by atoms with Gasteiger partial charge in [-0.1, -0.05) is 30.3 Å². The van der Waals surface area contributed by atoms with Crippen molar-refractivity contribution in [3.63, 3.8) is 0 Å². The Hall–Kier alpha value is -4.46. The van der Waals surface area contributed by atoms with Gasteiger partial charge in [-0.15, -0.1) is 0 Å². The molecule has 34 heavy (non-hydrogen) atoms. The number of esters is 1. The number of anilines is 1. The van der Waals surface area contributed by atoms with E-state index in [-0.39, 0.29) is 11.1 Å². The lowest BCUT2D eigenvalue weighted by atomic mass is 10.1. The summed E-state index contributed by atoms with van der Waals surface area (Å²) < 4.78 is 10.9. The first-order chi connectivity index (χ1) is 16.3. The van der Waals surface area contributed by atoms with Crippen LogP contribution in [0.15, 0.2) is 78.9 Å². The van der Waals surface area contributed by atoms with Crippen LogP contribution in [0.4, 0.5) is 5.69 Å². The summed E-state index contributed by atoms with van der Waals surface area (Å²) in [5, 5.41) is 2.66. The number of benzene rings is 3. The molecule has 0 fully saturated rings. The second-order valence-corrected chi connectivity index (χ2v) is 7.71. The predicted molar refractivity (Wildman–Crippen MR) is 124 cm³/mol. The zero-order valence-electron chi connectivity index (χ0n) is 18.6. The molecule has 4 rings (SSSR count). The highest BCUT2D eigenvalue weighted by molar-refractivity contribution is 6.22. The van der Waals surface area contributed by atoms with Crippen LogP contribution in [-0.4, -0.2) is 40.7 Å². The fraction of sp³-hybridized carbons (Fsp3) is 0.154. The fourth-order valence-electron chi connectivity index (χ4n) is 3.47. The number of hydrogen-bond donors (Lipinski definition) is 1. The Bertz CT molecular complexity index is 1200. The Morgan fingerprint density at radius 1 is 0.765 bits per heavy atom. The number of rotatable bonds is 7. The molecular formula is C26H22N2O6. The monoisotopic (exact) mass is 458 g/mol. The molecule has 0 spiro atoms. The van der Waals surface area contributed by atoms with Crippen LogP contribution in [0.1, 0.15) is 34.6 Å². The molecule has 2 atom stereocenters. The number of carbonyl (C=O) groups is 4. The zero-order chi connectivity index (χ0) is 24.2. The molecule has 0 aliphatic carbocycles. The van der Waals surface area contributed by atoms with Crippen LogP contribution in [0.2, 0.25) is 0 Å². The molecule has 0 bridgehead atoms. The third-order valence-electron chi connectivity index (χ3n) is 5.32. The average molecular weight is 458 g/mol. The summed E-state index contributed by atoms with van der Waals surface area (Å²) in [5.41, 5.74) is 0.956. The number of carbonyl (C=O) groups excluding carboxylic acids is 4. The molecule has 0 saturated carbocycles. The van der Waals surface area contributed by atoms with Gasteiger partial charge >= 0.3 is 5.97 Å². The number of para-hydroxylation sites is 1. The second-order valence-electron chi connectivity index (χ2n) is 7.71. The third-order valence-corrected chi connectivity index (χ3v) is 5.32. The zero-order valence-corrected chi connectivity index (χ0v) is 18.6. The van der Waals surface area contributed by atoms with E-state index in [1.807, 2.05) is 30.3 Å². The van der Waals surface area contributed by atoms with E-state index in [1.165, 1.54) is 26.0 Å². The lowest BCUT2D eigenvalue weighted by molar-refractivity contribution is -0.156. The quantitative estimate of drug-likeness (QED) is 0.424. The highest BCUT2D eigenvalue weighted by Gasteiger charge is 2.41. The van der Waals surface area contributed by atoms with Crippen molar-refractivity contribution in [2.45, 2.75) is 26.0 Å². The first-order valence-corrected chi connectivity index (χ1v) is 10.7. The molecule has 0 unspecified atom stereocenters. The van der Waals surface area contributed by atoms with Crippen LogP contribution >= 0.6 is 0 Å². The highest BCUT2D eigenvalue weighted by Crippen LogP contribution is 2.25. The van der Waals surface area contributed by atoms with Gasteiger partial charge in [0.2, 0.25) is 0 Å². The molecule has 0 radical (unpaired) electrons. The van der Waals surface area contributed by atoms with Crippen LogP contribution in [0.3, 0.4) is 0 Å². The van der Waals surface area contributed by atoms with Crippen molar-refractivity contribution >= 4 is 29.4 Å². The smallest absolute Gasteiger partial charge is 0.329 e. The van der Waals surface area contributed by atoms with E-state index in [2.05, 4.69) is 5.32 Å². The first kappa shape index (κ1) is 22.7. The second kappa shape index (κ2) is 9.58. The summed E-state index contributed by atoms with van der Waals surface area (Å²) >= 11 is 0. The normalized spacial score (nSPS) is 14.2. The van der Waals surface area contributed by atoms with Gasteiger partial charge in [0.1, 0.15) is 17.5 Å². The Morgan fingerprint density at radius 3 is 1.88 bits per heavy atom. The van der Waals surface area contributed by atoms with Crippen LogP contribution < -0.4 is 10.1 Å². The topological polar surface area (TPSA) is 102 Å². The first-order valence-electron chi connectivity index (χ1n) is 10.7. The molecule has 8 nitrogen and oxygen atoms in total. The van der Waals surface area contributed by atoms with Crippen molar-refractivity contribution in [2.75, 3.05) is 5.32 Å². The number of nitrogens with zero attached hydrogens (tertiary/aromatic N) is 1. The summed E-state index contributed by atoms with van der Waals surface area (Å²) in [4.78, 5) is 51.1. The van der Waals surface area contributed by atoms with Crippen molar-refractivity contribution in [1.82, 2.24) is 4.90 Å². The molecular weight excluding hydrogens is 436 g/mol. The van der Waals surface area contributed by atoms with Crippen molar-refractivity contribution in [3.05, 3.63) is 90.0 Å². The standard InChI is InChI=1S/C26H22N2O6/c1-16(28-24(30)21-10-6-7-11-22(21)25(28)31)26(32)33-17(2)23(29)27-18-12-14-20(15-13-18)34-19-8-4-3-5-9-19/h3-17H,1-2H3,(H,27,29)/t16-,17-/m0/s1. The molecule has 172 valence electrons. The summed E-state index contributed by atoms with van der Waals surface area (Å²) in [6.45, 7) is 2.80. The van der Waals surface area contributed by atoms with E-state index in [4.69, 9.17) is 9.47 Å². The van der Waals surface area contributed by atoms with E-state index in [0.29, 0.717) is 17.2 Å². The molecule has 1 N–H and O–H groups in total. The molecule has 3 aromatic carbocycles. The highest BCUT2D eigenvalue weighted by atomic mass is 16.5. The van der Waals surface area contributed by atoms with Crippen molar-refractivity contribution in [1.29, 1.82) is 0 Å². The Balaban J connectivity index is 1.33. The number of imide groups is 1. The molecule has 3 amide bonds. The van der Waals surface area contributed by atoms with Gasteiger partial charge in [-0.2, -0.15) is 0 Å². The van der Waals surface area contributed by atoms with Gasteiger partial charge in [0.15, 0.2) is 6.10 Å². The Labute approximate surface area is 196 Å². The summed E-state index contributed by atoms with van der Waals surface area (Å²) in [5.74, 6) is -1.27. The lowest BCUT2D eigenvalue weighted by Crippen LogP contribution is -2.45. The molecule has 1 aliphatic rings. The maximum Gasteiger partial charge on any atom is 0.329 e. The average Bonchev–Trinajstić information content (AvgIpc) is 3.10. The number of amides is 3. The number of ether oxygens (including phenoxy) is 2. The van der Waals surface area contributed by atoms with Gasteiger partial charge in [0.05, 0.1) is 11.1 Å². The maximum atomic E-state index is 12.6. The van der Waals surface area contributed by atoms with Crippen LogP contribution in [-0.2, 0) is 14.3 Å². The number of fused-ring (bicyclic) bond motifs is 1. The molecule has 8 heteroatoms. The minimum Gasteiger partial charge on any atom is -0.457 e. The SMILES string of the molecule is C[C@H](OC(=O)[C@H](C)N1C(=O)c2ccccc2C1=O)C(=O)Nc1ccc(Oc2ccccc2)cc1. The van der Waals surface area contributed by atoms with Gasteiger partial charge in [-0.05, 0) is 62.4 Å². The van der Waals surface area contributed by atoms with Crippen LogP contribution in [0.25, 0.3) is 0 Å². The van der Waals surface area contributed by atoms with Crippen molar-refractivity contribution < 1.29 is 28.7 Å². The molecule has 1 aliphatic heterocycles.